The minimum Gasteiger partial charge on any atom is -0.448 e. The van der Waals surface area contributed by atoms with Crippen LogP contribution in [0.25, 0.3) is 10.8 Å². The van der Waals surface area contributed by atoms with Crippen LogP contribution in [0.4, 0.5) is 10.5 Å². The first-order valence-corrected chi connectivity index (χ1v) is 7.38. The molecule has 2 aromatic carbocycles. The summed E-state index contributed by atoms with van der Waals surface area (Å²) < 4.78 is 5.24. The summed E-state index contributed by atoms with van der Waals surface area (Å²) in [6, 6.07) is 13.8. The molecule has 112 valence electrons. The van der Waals surface area contributed by atoms with Gasteiger partial charge in [0.25, 0.3) is 0 Å². The predicted octanol–water partition coefficient (Wildman–Crippen LogP) is 3.73. The van der Waals surface area contributed by atoms with E-state index in [0.29, 0.717) is 6.61 Å². The molecular formula is C17H22N2O2. The van der Waals surface area contributed by atoms with Crippen molar-refractivity contribution in [2.45, 2.75) is 13.8 Å². The van der Waals surface area contributed by atoms with Gasteiger partial charge in [-0.2, -0.15) is 0 Å². The van der Waals surface area contributed by atoms with E-state index in [1.165, 1.54) is 0 Å². The van der Waals surface area contributed by atoms with Crippen LogP contribution >= 0.6 is 0 Å². The van der Waals surface area contributed by atoms with Crippen molar-refractivity contribution in [3.63, 3.8) is 0 Å². The Morgan fingerprint density at radius 3 is 2.57 bits per heavy atom. The average molecular weight is 286 g/mol. The van der Waals surface area contributed by atoms with Gasteiger partial charge in [0.2, 0.25) is 0 Å². The number of carbonyl (C=O) groups is 1. The number of hydrogen-bond acceptors (Lipinski definition) is 3. The summed E-state index contributed by atoms with van der Waals surface area (Å²) >= 11 is 0. The molecular weight excluding hydrogens is 264 g/mol. The lowest BCUT2D eigenvalue weighted by molar-refractivity contribution is 0.142. The van der Waals surface area contributed by atoms with E-state index in [0.717, 1.165) is 36.1 Å². The molecule has 0 spiro atoms. The molecule has 0 saturated carbocycles. The van der Waals surface area contributed by atoms with E-state index < -0.39 is 6.09 Å². The van der Waals surface area contributed by atoms with E-state index >= 15 is 0 Å². The number of hydrogen-bond donors (Lipinski definition) is 1. The molecule has 0 fully saturated rings. The van der Waals surface area contributed by atoms with Gasteiger partial charge in [-0.25, -0.2) is 4.79 Å². The normalized spacial score (nSPS) is 10.8. The van der Waals surface area contributed by atoms with E-state index in [9.17, 15) is 4.79 Å². The molecule has 4 nitrogen and oxygen atoms in total. The highest BCUT2D eigenvalue weighted by atomic mass is 16.5. The van der Waals surface area contributed by atoms with Gasteiger partial charge in [-0.1, -0.05) is 50.2 Å². The number of amides is 1. The molecule has 2 aromatic rings. The summed E-state index contributed by atoms with van der Waals surface area (Å²) in [5.74, 6) is 0. The maximum atomic E-state index is 11.9. The standard InChI is InChI=1S/C17H22N2O2/c1-3-19(4-2)12-13-21-17(20)18-16-11-7-9-14-8-5-6-10-15(14)16/h5-11H,3-4,12-13H2,1-2H3,(H,18,20). The minimum absolute atomic E-state index is 0.401. The van der Waals surface area contributed by atoms with Gasteiger partial charge in [-0.3, -0.25) is 5.32 Å². The summed E-state index contributed by atoms with van der Waals surface area (Å²) in [5, 5.41) is 4.93. The number of fused-ring (bicyclic) bond motifs is 1. The van der Waals surface area contributed by atoms with Gasteiger partial charge < -0.3 is 9.64 Å². The molecule has 0 aliphatic carbocycles. The third-order valence-electron chi connectivity index (χ3n) is 3.56. The molecule has 0 atom stereocenters. The van der Waals surface area contributed by atoms with Gasteiger partial charge in [-0.05, 0) is 24.5 Å². The number of anilines is 1. The third kappa shape index (κ3) is 4.20. The van der Waals surface area contributed by atoms with E-state index in [1.807, 2.05) is 42.5 Å². The fourth-order valence-corrected chi connectivity index (χ4v) is 2.29. The molecule has 0 aliphatic rings. The molecule has 0 unspecified atom stereocenters. The zero-order valence-corrected chi connectivity index (χ0v) is 12.6. The maximum absolute atomic E-state index is 11.9. The zero-order chi connectivity index (χ0) is 15.1. The van der Waals surface area contributed by atoms with Crippen molar-refractivity contribution in [2.24, 2.45) is 0 Å². The van der Waals surface area contributed by atoms with Crippen LogP contribution < -0.4 is 5.32 Å². The van der Waals surface area contributed by atoms with Crippen LogP contribution in [-0.2, 0) is 4.74 Å². The molecule has 2 rings (SSSR count). The summed E-state index contributed by atoms with van der Waals surface area (Å²) in [6.07, 6.45) is -0.404. The van der Waals surface area contributed by atoms with Crippen molar-refractivity contribution >= 4 is 22.6 Å². The first-order valence-electron chi connectivity index (χ1n) is 7.38. The highest BCUT2D eigenvalue weighted by Gasteiger charge is 2.07. The van der Waals surface area contributed by atoms with Gasteiger partial charge >= 0.3 is 6.09 Å². The number of likely N-dealkylation sites (N-methyl/N-ethyl adjacent to an activating group) is 1. The Kier molecular flexibility index (Phi) is 5.58. The monoisotopic (exact) mass is 286 g/mol. The van der Waals surface area contributed by atoms with Crippen LogP contribution in [0.1, 0.15) is 13.8 Å². The number of benzene rings is 2. The fraction of sp³-hybridized carbons (Fsp3) is 0.353. The molecule has 21 heavy (non-hydrogen) atoms. The summed E-state index contributed by atoms with van der Waals surface area (Å²) in [6.45, 7) is 7.28. The Hall–Kier alpha value is -2.07. The Labute approximate surface area is 125 Å². The van der Waals surface area contributed by atoms with Crippen LogP contribution in [0.2, 0.25) is 0 Å². The molecule has 1 N–H and O–H groups in total. The number of ether oxygens (including phenoxy) is 1. The maximum Gasteiger partial charge on any atom is 0.411 e. The number of carbonyl (C=O) groups excluding carboxylic acids is 1. The van der Waals surface area contributed by atoms with E-state index in [1.54, 1.807) is 0 Å². The number of nitrogens with one attached hydrogen (secondary N) is 1. The lowest BCUT2D eigenvalue weighted by Crippen LogP contribution is -2.28. The van der Waals surface area contributed by atoms with Crippen molar-refractivity contribution in [3.8, 4) is 0 Å². The minimum atomic E-state index is -0.404. The molecule has 0 heterocycles. The topological polar surface area (TPSA) is 41.6 Å². The van der Waals surface area contributed by atoms with Crippen LogP contribution in [0.15, 0.2) is 42.5 Å². The summed E-state index contributed by atoms with van der Waals surface area (Å²) in [4.78, 5) is 14.1. The van der Waals surface area contributed by atoms with Gasteiger partial charge in [0.05, 0.1) is 5.69 Å². The van der Waals surface area contributed by atoms with Crippen molar-refractivity contribution in [3.05, 3.63) is 42.5 Å². The van der Waals surface area contributed by atoms with Gasteiger partial charge in [-0.15, -0.1) is 0 Å². The van der Waals surface area contributed by atoms with Gasteiger partial charge in [0, 0.05) is 11.9 Å². The van der Waals surface area contributed by atoms with Crippen molar-refractivity contribution < 1.29 is 9.53 Å². The summed E-state index contributed by atoms with van der Waals surface area (Å²) in [7, 11) is 0. The Morgan fingerprint density at radius 1 is 1.10 bits per heavy atom. The number of rotatable bonds is 6. The Balaban J connectivity index is 1.93. The van der Waals surface area contributed by atoms with E-state index in [-0.39, 0.29) is 0 Å². The number of nitrogens with zero attached hydrogens (tertiary/aromatic N) is 1. The Morgan fingerprint density at radius 2 is 1.81 bits per heavy atom. The largest absolute Gasteiger partial charge is 0.448 e. The smallest absolute Gasteiger partial charge is 0.411 e. The first-order chi connectivity index (χ1) is 10.2. The first kappa shape index (κ1) is 15.3. The van der Waals surface area contributed by atoms with Crippen LogP contribution in [0.5, 0.6) is 0 Å². The highest BCUT2D eigenvalue weighted by molar-refractivity contribution is 6.00. The van der Waals surface area contributed by atoms with Crippen LogP contribution in [0.3, 0.4) is 0 Å². The molecule has 0 aliphatic heterocycles. The highest BCUT2D eigenvalue weighted by Crippen LogP contribution is 2.22. The quantitative estimate of drug-likeness (QED) is 0.879. The molecule has 0 aromatic heterocycles. The van der Waals surface area contributed by atoms with Gasteiger partial charge in [0.15, 0.2) is 0 Å². The second-order valence-corrected chi connectivity index (χ2v) is 4.81. The van der Waals surface area contributed by atoms with Crippen molar-refractivity contribution in [1.82, 2.24) is 4.90 Å². The molecule has 0 radical (unpaired) electrons. The van der Waals surface area contributed by atoms with Crippen LogP contribution in [-0.4, -0.2) is 37.2 Å². The SMILES string of the molecule is CCN(CC)CCOC(=O)Nc1cccc2ccccc12. The summed E-state index contributed by atoms with van der Waals surface area (Å²) in [5.41, 5.74) is 0.779. The Bertz CT molecular complexity index is 589. The fourth-order valence-electron chi connectivity index (χ4n) is 2.29. The molecule has 1 amide bonds. The molecule has 0 saturated heterocycles. The lowest BCUT2D eigenvalue weighted by Gasteiger charge is -2.17. The molecule has 4 heteroatoms. The molecule has 0 bridgehead atoms. The average Bonchev–Trinajstić information content (AvgIpc) is 2.52. The van der Waals surface area contributed by atoms with E-state index in [4.69, 9.17) is 4.74 Å². The van der Waals surface area contributed by atoms with E-state index in [2.05, 4.69) is 24.1 Å². The van der Waals surface area contributed by atoms with Crippen molar-refractivity contribution in [2.75, 3.05) is 31.6 Å². The zero-order valence-electron chi connectivity index (χ0n) is 12.6. The third-order valence-corrected chi connectivity index (χ3v) is 3.56. The lowest BCUT2D eigenvalue weighted by atomic mass is 10.1. The van der Waals surface area contributed by atoms with Crippen molar-refractivity contribution in [1.29, 1.82) is 0 Å². The second kappa shape index (κ2) is 7.64. The van der Waals surface area contributed by atoms with Crippen LogP contribution in [0, 0.1) is 0 Å². The predicted molar refractivity (Wildman–Crippen MR) is 86.7 cm³/mol. The van der Waals surface area contributed by atoms with Gasteiger partial charge in [0.1, 0.15) is 6.61 Å². The second-order valence-electron chi connectivity index (χ2n) is 4.81.